The number of methoxy groups -OCH3 is 1. The largest absolute Gasteiger partial charge is 0.494 e. The molecule has 0 bridgehead atoms. The van der Waals surface area contributed by atoms with E-state index < -0.39 is 24.2 Å². The van der Waals surface area contributed by atoms with E-state index in [-0.39, 0.29) is 24.3 Å². The standard InChI is InChI=1S/C19H19FO5/c1-13-3-6-15(7-4-13)24-10-9-19(22)25-12-17(21)14-5-8-18(23-2)16(20)11-14/h3-8,11H,9-10,12H2,1-2H3. The molecule has 0 fully saturated rings. The molecule has 2 aromatic rings. The van der Waals surface area contributed by atoms with Gasteiger partial charge < -0.3 is 14.2 Å². The molecule has 0 aliphatic heterocycles. The van der Waals surface area contributed by atoms with Crippen LogP contribution in [0.3, 0.4) is 0 Å². The first-order valence-corrected chi connectivity index (χ1v) is 7.71. The van der Waals surface area contributed by atoms with E-state index in [0.717, 1.165) is 11.6 Å². The normalized spacial score (nSPS) is 10.2. The second kappa shape index (κ2) is 8.82. The van der Waals surface area contributed by atoms with Crippen molar-refractivity contribution >= 4 is 11.8 Å². The Bertz CT molecular complexity index is 740. The summed E-state index contributed by atoms with van der Waals surface area (Å²) >= 11 is 0. The molecule has 132 valence electrons. The van der Waals surface area contributed by atoms with Gasteiger partial charge in [0.2, 0.25) is 0 Å². The predicted octanol–water partition coefficient (Wildman–Crippen LogP) is 3.34. The van der Waals surface area contributed by atoms with Gasteiger partial charge in [-0.15, -0.1) is 0 Å². The van der Waals surface area contributed by atoms with E-state index in [1.807, 2.05) is 31.2 Å². The number of aryl methyl sites for hydroxylation is 1. The Hall–Kier alpha value is -2.89. The number of ketones is 1. The Morgan fingerprint density at radius 2 is 1.80 bits per heavy atom. The molecule has 0 saturated carbocycles. The molecule has 0 unspecified atom stereocenters. The number of esters is 1. The number of hydrogen-bond acceptors (Lipinski definition) is 5. The highest BCUT2D eigenvalue weighted by Gasteiger charge is 2.13. The lowest BCUT2D eigenvalue weighted by atomic mass is 10.1. The Morgan fingerprint density at radius 3 is 2.44 bits per heavy atom. The molecular weight excluding hydrogens is 327 g/mol. The summed E-state index contributed by atoms with van der Waals surface area (Å²) in [4.78, 5) is 23.6. The fourth-order valence-electron chi connectivity index (χ4n) is 2.03. The number of carbonyl (C=O) groups is 2. The molecule has 0 amide bonds. The third kappa shape index (κ3) is 5.60. The molecule has 2 rings (SSSR count). The molecule has 0 radical (unpaired) electrons. The van der Waals surface area contributed by atoms with Crippen LogP contribution < -0.4 is 9.47 Å². The molecule has 0 saturated heterocycles. The summed E-state index contributed by atoms with van der Waals surface area (Å²) in [6, 6.07) is 11.2. The van der Waals surface area contributed by atoms with Gasteiger partial charge in [0.15, 0.2) is 24.0 Å². The molecular formula is C19H19FO5. The maximum atomic E-state index is 13.6. The second-order valence-electron chi connectivity index (χ2n) is 5.34. The first-order valence-electron chi connectivity index (χ1n) is 7.71. The van der Waals surface area contributed by atoms with Gasteiger partial charge >= 0.3 is 5.97 Å². The number of ether oxygens (including phenoxy) is 3. The quantitative estimate of drug-likeness (QED) is 0.542. The highest BCUT2D eigenvalue weighted by molar-refractivity contribution is 5.98. The number of halogens is 1. The molecule has 2 aromatic carbocycles. The van der Waals surface area contributed by atoms with Crippen LogP contribution in [0.25, 0.3) is 0 Å². The van der Waals surface area contributed by atoms with Gasteiger partial charge in [-0.1, -0.05) is 17.7 Å². The van der Waals surface area contributed by atoms with Crippen molar-refractivity contribution < 1.29 is 28.2 Å². The molecule has 25 heavy (non-hydrogen) atoms. The van der Waals surface area contributed by atoms with E-state index in [0.29, 0.717) is 5.75 Å². The molecule has 6 heteroatoms. The summed E-state index contributed by atoms with van der Waals surface area (Å²) in [5.41, 5.74) is 1.22. The zero-order valence-electron chi connectivity index (χ0n) is 14.1. The number of hydrogen-bond donors (Lipinski definition) is 0. The molecule has 0 heterocycles. The van der Waals surface area contributed by atoms with E-state index in [4.69, 9.17) is 14.2 Å². The van der Waals surface area contributed by atoms with Gasteiger partial charge in [0.1, 0.15) is 5.75 Å². The topological polar surface area (TPSA) is 61.8 Å². The average molecular weight is 346 g/mol. The summed E-state index contributed by atoms with van der Waals surface area (Å²) in [5.74, 6) is -1.00. The number of rotatable bonds is 8. The van der Waals surface area contributed by atoms with Gasteiger partial charge in [0.05, 0.1) is 20.1 Å². The first kappa shape index (κ1) is 18.4. The van der Waals surface area contributed by atoms with Crippen LogP contribution in [-0.4, -0.2) is 32.1 Å². The maximum absolute atomic E-state index is 13.6. The Morgan fingerprint density at radius 1 is 1.08 bits per heavy atom. The van der Waals surface area contributed by atoms with Crippen LogP contribution in [0.2, 0.25) is 0 Å². The third-order valence-electron chi connectivity index (χ3n) is 3.43. The number of Topliss-reactive ketones (excluding diaryl/α,β-unsaturated/α-hetero) is 1. The lowest BCUT2D eigenvalue weighted by molar-refractivity contribution is -0.143. The third-order valence-corrected chi connectivity index (χ3v) is 3.43. The van der Waals surface area contributed by atoms with Crippen LogP contribution in [0.4, 0.5) is 4.39 Å². The minimum atomic E-state index is -0.647. The van der Waals surface area contributed by atoms with Crippen molar-refractivity contribution in [2.24, 2.45) is 0 Å². The van der Waals surface area contributed by atoms with Crippen molar-refractivity contribution in [1.82, 2.24) is 0 Å². The lowest BCUT2D eigenvalue weighted by Crippen LogP contribution is -2.16. The zero-order valence-corrected chi connectivity index (χ0v) is 14.1. The molecule has 0 aliphatic rings. The van der Waals surface area contributed by atoms with Crippen LogP contribution >= 0.6 is 0 Å². The van der Waals surface area contributed by atoms with E-state index in [9.17, 15) is 14.0 Å². The van der Waals surface area contributed by atoms with Crippen molar-refractivity contribution in [2.45, 2.75) is 13.3 Å². The highest BCUT2D eigenvalue weighted by Crippen LogP contribution is 2.18. The van der Waals surface area contributed by atoms with Crippen LogP contribution in [0.5, 0.6) is 11.5 Å². The minimum absolute atomic E-state index is 0.0120. The molecule has 0 spiro atoms. The summed E-state index contributed by atoms with van der Waals surface area (Å²) in [6.45, 7) is 1.66. The number of carbonyl (C=O) groups excluding carboxylic acids is 2. The molecule has 0 aromatic heterocycles. The molecule has 5 nitrogen and oxygen atoms in total. The smallest absolute Gasteiger partial charge is 0.309 e. The summed E-state index contributed by atoms with van der Waals surface area (Å²) in [6.07, 6.45) is 0.0120. The first-order chi connectivity index (χ1) is 12.0. The van der Waals surface area contributed by atoms with Crippen LogP contribution in [0.1, 0.15) is 22.3 Å². The Balaban J connectivity index is 1.74. The van der Waals surface area contributed by atoms with Gasteiger partial charge in [-0.25, -0.2) is 4.39 Å². The van der Waals surface area contributed by atoms with Gasteiger partial charge in [0.25, 0.3) is 0 Å². The van der Waals surface area contributed by atoms with E-state index in [1.165, 1.54) is 19.2 Å². The Labute approximate surface area is 145 Å². The molecule has 0 N–H and O–H groups in total. The van der Waals surface area contributed by atoms with Gasteiger partial charge in [-0.05, 0) is 37.3 Å². The van der Waals surface area contributed by atoms with Gasteiger partial charge in [-0.3, -0.25) is 9.59 Å². The van der Waals surface area contributed by atoms with Gasteiger partial charge in [0, 0.05) is 5.56 Å². The van der Waals surface area contributed by atoms with E-state index >= 15 is 0 Å². The van der Waals surface area contributed by atoms with Crippen molar-refractivity contribution in [3.8, 4) is 11.5 Å². The van der Waals surface area contributed by atoms with E-state index in [2.05, 4.69) is 0 Å². The average Bonchev–Trinajstić information content (AvgIpc) is 2.61. The Kier molecular flexibility index (Phi) is 6.51. The van der Waals surface area contributed by atoms with Crippen molar-refractivity contribution in [2.75, 3.05) is 20.3 Å². The summed E-state index contributed by atoms with van der Waals surface area (Å²) in [7, 11) is 1.33. The fraction of sp³-hybridized carbons (Fsp3) is 0.263. The van der Waals surface area contributed by atoms with Gasteiger partial charge in [-0.2, -0.15) is 0 Å². The summed E-state index contributed by atoms with van der Waals surface area (Å²) < 4.78 is 28.6. The predicted molar refractivity (Wildman–Crippen MR) is 89.5 cm³/mol. The van der Waals surface area contributed by atoms with Crippen molar-refractivity contribution in [3.63, 3.8) is 0 Å². The monoisotopic (exact) mass is 346 g/mol. The highest BCUT2D eigenvalue weighted by atomic mass is 19.1. The number of benzene rings is 2. The van der Waals surface area contributed by atoms with Crippen LogP contribution in [0.15, 0.2) is 42.5 Å². The van der Waals surface area contributed by atoms with Crippen molar-refractivity contribution in [3.05, 3.63) is 59.4 Å². The fourth-order valence-corrected chi connectivity index (χ4v) is 2.03. The van der Waals surface area contributed by atoms with Crippen LogP contribution in [0, 0.1) is 12.7 Å². The summed E-state index contributed by atoms with van der Waals surface area (Å²) in [5, 5.41) is 0. The maximum Gasteiger partial charge on any atom is 0.309 e. The second-order valence-corrected chi connectivity index (χ2v) is 5.34. The molecule has 0 aliphatic carbocycles. The van der Waals surface area contributed by atoms with Crippen molar-refractivity contribution in [1.29, 1.82) is 0 Å². The lowest BCUT2D eigenvalue weighted by Gasteiger charge is -2.07. The zero-order chi connectivity index (χ0) is 18.2. The van der Waals surface area contributed by atoms with E-state index in [1.54, 1.807) is 0 Å². The molecule has 0 atom stereocenters. The minimum Gasteiger partial charge on any atom is -0.494 e. The SMILES string of the molecule is COc1ccc(C(=O)COC(=O)CCOc2ccc(C)cc2)cc1F. The van der Waals surface area contributed by atoms with Crippen LogP contribution in [-0.2, 0) is 9.53 Å².